The van der Waals surface area contributed by atoms with Crippen LogP contribution in [-0.4, -0.2) is 0 Å². The Morgan fingerprint density at radius 3 is 1.63 bits per heavy atom. The zero-order valence-corrected chi connectivity index (χ0v) is 44.5. The van der Waals surface area contributed by atoms with Gasteiger partial charge in [0.25, 0.3) is 0 Å². The van der Waals surface area contributed by atoms with Crippen LogP contribution in [0.15, 0.2) is 84.0 Å². The van der Waals surface area contributed by atoms with Crippen LogP contribution < -0.4 is 0 Å². The molecule has 0 aromatic heterocycles. The molecule has 0 heteroatoms. The van der Waals surface area contributed by atoms with Crippen molar-refractivity contribution in [2.45, 2.75) is 195 Å². The summed E-state index contributed by atoms with van der Waals surface area (Å²) in [5.74, 6) is 20.1. The molecule has 0 amide bonds. The molecule has 12 rings (SSSR count). The smallest absolute Gasteiger partial charge is 0.00820 e. The highest BCUT2D eigenvalue weighted by Crippen LogP contribution is 2.71. The normalized spacial score (nSPS) is 42.5. The Hall–Kier alpha value is -2.34. The zero-order valence-electron chi connectivity index (χ0n) is 44.5. The first-order valence-electron chi connectivity index (χ1n) is 30.3. The van der Waals surface area contributed by atoms with Crippen molar-refractivity contribution in [1.82, 2.24) is 0 Å². The number of benzene rings is 2. The minimum atomic E-state index is 0.581. The molecule has 0 saturated heterocycles. The van der Waals surface area contributed by atoms with Gasteiger partial charge in [-0.3, -0.25) is 0 Å². The first-order valence-corrected chi connectivity index (χ1v) is 30.3. The van der Waals surface area contributed by atoms with Crippen molar-refractivity contribution < 1.29 is 0 Å². The first-order chi connectivity index (χ1) is 33.0. The molecule has 20 atom stereocenters. The number of rotatable bonds is 10. The second-order valence-electron chi connectivity index (χ2n) is 27.9. The SMILES string of the molecule is CC(C)c1ccc(C(C2=C3CC4C=CC=CC4C3CCC2)C2CC(C(C)C)C3CCC4C(C(c5ccc(C(C)C)cc5)C5CCCC6C7CCCCC7CC65)CC(C(C)C)C5CCC2C3C54)cc1. The van der Waals surface area contributed by atoms with E-state index in [9.17, 15) is 0 Å². The van der Waals surface area contributed by atoms with E-state index in [0.717, 1.165) is 124 Å². The molecule has 0 spiro atoms. The standard InChI is InChI=1S/C68H96/c1-39(2)43-23-27-45(28-24-43)65(53-21-13-19-51-49-17-11-9-15-47(49)35-61(51)53)63-37-59(41(5)6)55-32-34-58-64(38-60(42(7)8)56-31-33-57(63)67(55)68(56)58)66(46-29-25-44(26-30-46)40(3)4)54-22-14-20-52-50-18-12-10-16-48(50)36-62(52)54/h9,11,15,17,23-30,39-42,47-52,54-60,62-68H,10,12-14,16,18-22,31-38H2,1-8H3. The van der Waals surface area contributed by atoms with Crippen LogP contribution in [0.1, 0.15) is 217 Å². The maximum atomic E-state index is 2.73. The number of hydrogen-bond acceptors (Lipinski definition) is 0. The molecule has 10 aliphatic rings. The molecule has 2 aromatic rings. The highest BCUT2D eigenvalue weighted by Gasteiger charge is 2.63. The minimum Gasteiger partial charge on any atom is -0.0805 e. The summed E-state index contributed by atoms with van der Waals surface area (Å²) >= 11 is 0. The van der Waals surface area contributed by atoms with Crippen molar-refractivity contribution in [1.29, 1.82) is 0 Å². The predicted molar refractivity (Wildman–Crippen MR) is 287 cm³/mol. The molecule has 8 saturated carbocycles. The summed E-state index contributed by atoms with van der Waals surface area (Å²) in [7, 11) is 0. The molecule has 0 N–H and O–H groups in total. The van der Waals surface area contributed by atoms with E-state index in [1.807, 2.05) is 11.1 Å². The quantitative estimate of drug-likeness (QED) is 0.208. The van der Waals surface area contributed by atoms with Crippen LogP contribution in [0.5, 0.6) is 0 Å². The van der Waals surface area contributed by atoms with Gasteiger partial charge in [-0.1, -0.05) is 165 Å². The maximum Gasteiger partial charge on any atom is 0.00820 e. The molecule has 68 heavy (non-hydrogen) atoms. The van der Waals surface area contributed by atoms with Crippen molar-refractivity contribution in [3.05, 3.63) is 106 Å². The van der Waals surface area contributed by atoms with Gasteiger partial charge in [0.05, 0.1) is 0 Å². The summed E-state index contributed by atoms with van der Waals surface area (Å²) in [6, 6.07) is 21.2. The van der Waals surface area contributed by atoms with E-state index >= 15 is 0 Å². The summed E-state index contributed by atoms with van der Waals surface area (Å²) in [5, 5.41) is 0. The summed E-state index contributed by atoms with van der Waals surface area (Å²) in [5.41, 5.74) is 10.5. The van der Waals surface area contributed by atoms with Gasteiger partial charge in [-0.05, 0) is 248 Å². The lowest BCUT2D eigenvalue weighted by Crippen LogP contribution is -2.60. The van der Waals surface area contributed by atoms with Gasteiger partial charge in [0.15, 0.2) is 0 Å². The number of allylic oxidation sites excluding steroid dienone is 6. The van der Waals surface area contributed by atoms with Crippen LogP contribution in [0.25, 0.3) is 0 Å². The van der Waals surface area contributed by atoms with Crippen molar-refractivity contribution in [2.24, 2.45) is 118 Å². The Bertz CT molecular complexity index is 2160. The Labute approximate surface area is 417 Å². The Morgan fingerprint density at radius 2 is 0.985 bits per heavy atom. The molecule has 8 fully saturated rings. The molecule has 10 aliphatic carbocycles. The molecular formula is C68H96. The average Bonchev–Trinajstić information content (AvgIpc) is 3.93. The molecule has 20 unspecified atom stereocenters. The largest absolute Gasteiger partial charge is 0.0805 e. The number of hydrogen-bond donors (Lipinski definition) is 0. The van der Waals surface area contributed by atoms with Gasteiger partial charge in [0, 0.05) is 5.92 Å². The Morgan fingerprint density at radius 1 is 0.426 bits per heavy atom. The molecule has 2 aromatic carbocycles. The minimum absolute atomic E-state index is 0.581. The molecule has 0 nitrogen and oxygen atoms in total. The monoisotopic (exact) mass is 913 g/mol. The summed E-state index contributed by atoms with van der Waals surface area (Å²) in [4.78, 5) is 0. The van der Waals surface area contributed by atoms with E-state index in [0.29, 0.717) is 17.8 Å². The van der Waals surface area contributed by atoms with Crippen LogP contribution in [0.3, 0.4) is 0 Å². The van der Waals surface area contributed by atoms with Gasteiger partial charge in [-0.25, -0.2) is 0 Å². The summed E-state index contributed by atoms with van der Waals surface area (Å²) < 4.78 is 0. The molecule has 0 bridgehead atoms. The summed E-state index contributed by atoms with van der Waals surface area (Å²) in [6.07, 6.45) is 36.9. The lowest BCUT2D eigenvalue weighted by Gasteiger charge is -2.66. The van der Waals surface area contributed by atoms with Gasteiger partial charge in [-0.2, -0.15) is 0 Å². The lowest BCUT2D eigenvalue weighted by molar-refractivity contribution is -0.167. The van der Waals surface area contributed by atoms with Gasteiger partial charge >= 0.3 is 0 Å². The lowest BCUT2D eigenvalue weighted by atomic mass is 9.38. The van der Waals surface area contributed by atoms with E-state index < -0.39 is 0 Å². The molecule has 368 valence electrons. The molecule has 0 aliphatic heterocycles. The van der Waals surface area contributed by atoms with Gasteiger partial charge < -0.3 is 0 Å². The van der Waals surface area contributed by atoms with Crippen molar-refractivity contribution in [3.63, 3.8) is 0 Å². The zero-order chi connectivity index (χ0) is 46.5. The van der Waals surface area contributed by atoms with E-state index in [-0.39, 0.29) is 0 Å². The van der Waals surface area contributed by atoms with Gasteiger partial charge in [0.2, 0.25) is 0 Å². The van der Waals surface area contributed by atoms with Crippen molar-refractivity contribution in [3.8, 4) is 0 Å². The second kappa shape index (κ2) is 18.9. The highest BCUT2D eigenvalue weighted by molar-refractivity contribution is 5.41. The van der Waals surface area contributed by atoms with Crippen LogP contribution in [-0.2, 0) is 0 Å². The highest BCUT2D eigenvalue weighted by atomic mass is 14.7. The van der Waals surface area contributed by atoms with Crippen LogP contribution in [0.2, 0.25) is 0 Å². The number of fused-ring (bicyclic) bond motifs is 6. The maximum absolute atomic E-state index is 2.73. The third-order valence-electron chi connectivity index (χ3n) is 24.1. The second-order valence-corrected chi connectivity index (χ2v) is 27.9. The average molecular weight is 914 g/mol. The fraction of sp³-hybridized carbons (Fsp3) is 0.735. The predicted octanol–water partition coefficient (Wildman–Crippen LogP) is 18.8. The fourth-order valence-electron chi connectivity index (χ4n) is 21.5. The van der Waals surface area contributed by atoms with E-state index in [1.165, 1.54) is 95.5 Å². The topological polar surface area (TPSA) is 0 Å². The van der Waals surface area contributed by atoms with Crippen LogP contribution >= 0.6 is 0 Å². The first kappa shape index (κ1) is 46.7. The van der Waals surface area contributed by atoms with Crippen LogP contribution in [0.4, 0.5) is 0 Å². The van der Waals surface area contributed by atoms with Gasteiger partial charge in [-0.15, -0.1) is 0 Å². The van der Waals surface area contributed by atoms with Crippen molar-refractivity contribution in [2.75, 3.05) is 0 Å². The Kier molecular flexibility index (Phi) is 13.0. The molecular weight excluding hydrogens is 817 g/mol. The fourth-order valence-corrected chi connectivity index (χ4v) is 21.5. The molecule has 0 heterocycles. The third-order valence-corrected chi connectivity index (χ3v) is 24.1. The van der Waals surface area contributed by atoms with E-state index in [2.05, 4.69) is 128 Å². The van der Waals surface area contributed by atoms with Crippen LogP contribution in [0, 0.1) is 118 Å². The van der Waals surface area contributed by atoms with E-state index in [1.54, 1.807) is 42.4 Å². The van der Waals surface area contributed by atoms with Crippen molar-refractivity contribution >= 4 is 0 Å². The molecule has 0 radical (unpaired) electrons. The van der Waals surface area contributed by atoms with E-state index in [4.69, 9.17) is 0 Å². The van der Waals surface area contributed by atoms with Gasteiger partial charge in [0.1, 0.15) is 0 Å². The summed E-state index contributed by atoms with van der Waals surface area (Å²) in [6.45, 7) is 20.4. The third kappa shape index (κ3) is 7.92. The Balaban J connectivity index is 0.969.